The van der Waals surface area contributed by atoms with Crippen LogP contribution in [0.3, 0.4) is 0 Å². The molecule has 1 N–H and O–H groups in total. The zero-order valence-corrected chi connectivity index (χ0v) is 9.01. The van der Waals surface area contributed by atoms with E-state index in [0.717, 1.165) is 5.69 Å². The number of hydrogen-bond donors (Lipinski definition) is 1. The van der Waals surface area contributed by atoms with Crippen molar-refractivity contribution in [1.82, 2.24) is 4.98 Å². The van der Waals surface area contributed by atoms with E-state index >= 15 is 0 Å². The van der Waals surface area contributed by atoms with Crippen LogP contribution in [-0.2, 0) is 9.59 Å². The summed E-state index contributed by atoms with van der Waals surface area (Å²) in [5.41, 5.74) is 1.57. The fraction of sp³-hybridized carbons (Fsp3) is 0.250. The van der Waals surface area contributed by atoms with Crippen molar-refractivity contribution in [2.24, 2.45) is 0 Å². The monoisotopic (exact) mass is 219 g/mol. The number of nitrogens with zero attached hydrogens (tertiary/aromatic N) is 1. The molecule has 1 heterocycles. The van der Waals surface area contributed by atoms with Gasteiger partial charge in [-0.2, -0.15) is 0 Å². The highest BCUT2D eigenvalue weighted by atomic mass is 16.4. The number of aliphatic carboxylic acids is 1. The lowest BCUT2D eigenvalue weighted by Crippen LogP contribution is -2.00. The Bertz CT molecular complexity index is 424. The third-order valence-electron chi connectivity index (χ3n) is 1.94. The summed E-state index contributed by atoms with van der Waals surface area (Å²) < 4.78 is 0. The molecular weight excluding hydrogens is 206 g/mol. The SMILES string of the molecule is Cc1cccc(C=CC(=O)CCC(=O)O)n1. The van der Waals surface area contributed by atoms with Crippen molar-refractivity contribution in [2.45, 2.75) is 19.8 Å². The molecule has 1 aromatic rings. The Labute approximate surface area is 93.6 Å². The normalized spacial score (nSPS) is 10.6. The lowest BCUT2D eigenvalue weighted by Gasteiger charge is -1.94. The molecule has 84 valence electrons. The van der Waals surface area contributed by atoms with Crippen molar-refractivity contribution in [3.63, 3.8) is 0 Å². The second kappa shape index (κ2) is 5.80. The largest absolute Gasteiger partial charge is 0.481 e. The van der Waals surface area contributed by atoms with Crippen LogP contribution in [0.2, 0.25) is 0 Å². The minimum Gasteiger partial charge on any atom is -0.481 e. The minimum atomic E-state index is -0.963. The summed E-state index contributed by atoms with van der Waals surface area (Å²) in [6, 6.07) is 5.50. The predicted octanol–water partition coefficient (Wildman–Crippen LogP) is 1.84. The molecule has 1 rings (SSSR count). The Balaban J connectivity index is 2.53. The van der Waals surface area contributed by atoms with E-state index in [9.17, 15) is 9.59 Å². The fourth-order valence-corrected chi connectivity index (χ4v) is 1.15. The molecule has 0 amide bonds. The summed E-state index contributed by atoms with van der Waals surface area (Å²) in [4.78, 5) is 25.6. The third-order valence-corrected chi connectivity index (χ3v) is 1.94. The van der Waals surface area contributed by atoms with Gasteiger partial charge in [0.25, 0.3) is 0 Å². The van der Waals surface area contributed by atoms with E-state index in [2.05, 4.69) is 4.98 Å². The summed E-state index contributed by atoms with van der Waals surface area (Å²) in [7, 11) is 0. The lowest BCUT2D eigenvalue weighted by molar-refractivity contribution is -0.138. The number of rotatable bonds is 5. The number of carboxylic acids is 1. The first-order valence-corrected chi connectivity index (χ1v) is 4.94. The van der Waals surface area contributed by atoms with Gasteiger partial charge < -0.3 is 5.11 Å². The van der Waals surface area contributed by atoms with Crippen LogP contribution in [0.5, 0.6) is 0 Å². The van der Waals surface area contributed by atoms with Crippen molar-refractivity contribution in [3.8, 4) is 0 Å². The molecule has 0 aliphatic carbocycles. The number of aromatic nitrogens is 1. The van der Waals surface area contributed by atoms with Crippen LogP contribution in [0, 0.1) is 6.92 Å². The molecule has 0 bridgehead atoms. The molecule has 0 spiro atoms. The van der Waals surface area contributed by atoms with Gasteiger partial charge in [-0.1, -0.05) is 6.07 Å². The summed E-state index contributed by atoms with van der Waals surface area (Å²) in [5, 5.41) is 8.40. The van der Waals surface area contributed by atoms with Gasteiger partial charge in [0.05, 0.1) is 12.1 Å². The Hall–Kier alpha value is -1.97. The molecule has 0 fully saturated rings. The van der Waals surface area contributed by atoms with Gasteiger partial charge in [0.2, 0.25) is 0 Å². The topological polar surface area (TPSA) is 67.3 Å². The van der Waals surface area contributed by atoms with Crippen LogP contribution >= 0.6 is 0 Å². The molecule has 0 atom stereocenters. The zero-order valence-electron chi connectivity index (χ0n) is 9.01. The molecule has 0 aliphatic heterocycles. The molecule has 16 heavy (non-hydrogen) atoms. The maximum Gasteiger partial charge on any atom is 0.303 e. The van der Waals surface area contributed by atoms with E-state index in [4.69, 9.17) is 5.11 Å². The highest BCUT2D eigenvalue weighted by Crippen LogP contribution is 2.01. The van der Waals surface area contributed by atoms with Crippen molar-refractivity contribution < 1.29 is 14.7 Å². The quantitative estimate of drug-likeness (QED) is 0.767. The summed E-state index contributed by atoms with van der Waals surface area (Å²) >= 11 is 0. The zero-order chi connectivity index (χ0) is 12.0. The van der Waals surface area contributed by atoms with Crippen molar-refractivity contribution in [1.29, 1.82) is 0 Å². The molecule has 0 radical (unpaired) electrons. The maximum absolute atomic E-state index is 11.2. The smallest absolute Gasteiger partial charge is 0.303 e. The molecule has 0 saturated carbocycles. The molecule has 0 aliphatic rings. The highest BCUT2D eigenvalue weighted by Gasteiger charge is 2.01. The number of aryl methyl sites for hydroxylation is 1. The minimum absolute atomic E-state index is 0.0254. The molecule has 1 aromatic heterocycles. The van der Waals surface area contributed by atoms with E-state index in [0.29, 0.717) is 5.69 Å². The Morgan fingerprint density at radius 1 is 1.38 bits per heavy atom. The van der Waals surface area contributed by atoms with E-state index in [1.54, 1.807) is 12.1 Å². The standard InChI is InChI=1S/C12H13NO3/c1-9-3-2-4-10(13-9)5-6-11(14)7-8-12(15)16/h2-6H,7-8H2,1H3,(H,15,16). The van der Waals surface area contributed by atoms with Crippen LogP contribution < -0.4 is 0 Å². The Kier molecular flexibility index (Phi) is 4.39. The first-order chi connectivity index (χ1) is 7.58. The Morgan fingerprint density at radius 3 is 2.75 bits per heavy atom. The lowest BCUT2D eigenvalue weighted by atomic mass is 10.2. The van der Waals surface area contributed by atoms with Gasteiger partial charge in [-0.05, 0) is 31.2 Å². The number of pyridine rings is 1. The third kappa shape index (κ3) is 4.50. The van der Waals surface area contributed by atoms with Crippen LogP contribution in [0.4, 0.5) is 0 Å². The highest BCUT2D eigenvalue weighted by molar-refractivity contribution is 5.94. The maximum atomic E-state index is 11.2. The van der Waals surface area contributed by atoms with Gasteiger partial charge in [0.15, 0.2) is 5.78 Å². The average molecular weight is 219 g/mol. The second-order valence-electron chi connectivity index (χ2n) is 3.40. The van der Waals surface area contributed by atoms with E-state index < -0.39 is 5.97 Å². The molecule has 4 nitrogen and oxygen atoms in total. The van der Waals surface area contributed by atoms with Crippen LogP contribution in [0.25, 0.3) is 6.08 Å². The van der Waals surface area contributed by atoms with E-state index in [1.807, 2.05) is 19.1 Å². The van der Waals surface area contributed by atoms with Gasteiger partial charge in [-0.15, -0.1) is 0 Å². The van der Waals surface area contributed by atoms with Crippen LogP contribution in [0.15, 0.2) is 24.3 Å². The molecule has 0 saturated heterocycles. The van der Waals surface area contributed by atoms with E-state index in [-0.39, 0.29) is 18.6 Å². The number of hydrogen-bond acceptors (Lipinski definition) is 3. The number of carboxylic acid groups (broad SMARTS) is 1. The summed E-state index contributed by atoms with van der Waals surface area (Å²) in [5.74, 6) is -1.17. The second-order valence-corrected chi connectivity index (χ2v) is 3.40. The van der Waals surface area contributed by atoms with Crippen molar-refractivity contribution >= 4 is 17.8 Å². The van der Waals surface area contributed by atoms with Crippen molar-refractivity contribution in [2.75, 3.05) is 0 Å². The van der Waals surface area contributed by atoms with Gasteiger partial charge >= 0.3 is 5.97 Å². The number of carbonyl (C=O) groups is 2. The molecular formula is C12H13NO3. The predicted molar refractivity (Wildman–Crippen MR) is 59.9 cm³/mol. The number of carbonyl (C=O) groups excluding carboxylic acids is 1. The first-order valence-electron chi connectivity index (χ1n) is 4.94. The van der Waals surface area contributed by atoms with Crippen molar-refractivity contribution in [3.05, 3.63) is 35.7 Å². The molecule has 0 unspecified atom stereocenters. The number of allylic oxidation sites excluding steroid dienone is 1. The number of ketones is 1. The average Bonchev–Trinajstić information content (AvgIpc) is 2.23. The fourth-order valence-electron chi connectivity index (χ4n) is 1.15. The van der Waals surface area contributed by atoms with Crippen LogP contribution in [0.1, 0.15) is 24.2 Å². The molecule has 4 heteroatoms. The van der Waals surface area contributed by atoms with Gasteiger partial charge in [0, 0.05) is 12.1 Å². The van der Waals surface area contributed by atoms with Gasteiger partial charge in [0.1, 0.15) is 0 Å². The van der Waals surface area contributed by atoms with Crippen LogP contribution in [-0.4, -0.2) is 21.8 Å². The van der Waals surface area contributed by atoms with E-state index in [1.165, 1.54) is 6.08 Å². The molecule has 0 aromatic carbocycles. The summed E-state index contributed by atoms with van der Waals surface area (Å²) in [6.45, 7) is 1.86. The van der Waals surface area contributed by atoms with Gasteiger partial charge in [-0.25, -0.2) is 0 Å². The van der Waals surface area contributed by atoms with Gasteiger partial charge in [-0.3, -0.25) is 14.6 Å². The Morgan fingerprint density at radius 2 is 2.12 bits per heavy atom. The summed E-state index contributed by atoms with van der Waals surface area (Å²) in [6.07, 6.45) is 2.85. The first kappa shape index (κ1) is 12.1.